The molecule has 0 bridgehead atoms. The van der Waals surface area contributed by atoms with Gasteiger partial charge in [0, 0.05) is 19.2 Å². The average Bonchev–Trinajstić information content (AvgIpc) is 2.55. The zero-order chi connectivity index (χ0) is 17.1. The van der Waals surface area contributed by atoms with Crippen molar-refractivity contribution < 1.29 is 8.42 Å². The van der Waals surface area contributed by atoms with Gasteiger partial charge in [0.15, 0.2) is 0 Å². The highest BCUT2D eigenvalue weighted by molar-refractivity contribution is 7.89. The second-order valence-electron chi connectivity index (χ2n) is 6.49. The van der Waals surface area contributed by atoms with Crippen LogP contribution >= 0.6 is 0 Å². The third kappa shape index (κ3) is 3.99. The maximum Gasteiger partial charge on any atom is 0.243 e. The molecule has 2 rings (SSSR count). The van der Waals surface area contributed by atoms with Crippen LogP contribution in [0.15, 0.2) is 59.5 Å². The highest BCUT2D eigenvalue weighted by Gasteiger charge is 2.28. The summed E-state index contributed by atoms with van der Waals surface area (Å²) in [5, 5.41) is 0. The van der Waals surface area contributed by atoms with E-state index in [-0.39, 0.29) is 5.41 Å². The lowest BCUT2D eigenvalue weighted by atomic mass is 9.94. The fourth-order valence-electron chi connectivity index (χ4n) is 2.47. The Kier molecular flexibility index (Phi) is 5.24. The van der Waals surface area contributed by atoms with E-state index in [9.17, 15) is 8.42 Å². The molecule has 2 aromatic rings. The van der Waals surface area contributed by atoms with Crippen LogP contribution in [-0.4, -0.2) is 32.9 Å². The van der Waals surface area contributed by atoms with Gasteiger partial charge < -0.3 is 5.73 Å². The van der Waals surface area contributed by atoms with E-state index in [1.807, 2.05) is 56.3 Å². The van der Waals surface area contributed by atoms with E-state index >= 15 is 0 Å². The highest BCUT2D eigenvalue weighted by Crippen LogP contribution is 2.30. The number of benzene rings is 2. The largest absolute Gasteiger partial charge is 0.330 e. The van der Waals surface area contributed by atoms with E-state index in [1.165, 1.54) is 4.31 Å². The van der Waals surface area contributed by atoms with Crippen LogP contribution in [0.25, 0.3) is 11.1 Å². The van der Waals surface area contributed by atoms with Crippen molar-refractivity contribution in [1.82, 2.24) is 4.31 Å². The number of hydrogen-bond acceptors (Lipinski definition) is 3. The van der Waals surface area contributed by atoms with E-state index in [2.05, 4.69) is 0 Å². The molecule has 5 heteroatoms. The maximum atomic E-state index is 13.0. The second-order valence-corrected chi connectivity index (χ2v) is 8.50. The van der Waals surface area contributed by atoms with Gasteiger partial charge in [-0.25, -0.2) is 12.7 Å². The number of nitrogens with zero attached hydrogens (tertiary/aromatic N) is 1. The summed E-state index contributed by atoms with van der Waals surface area (Å²) in [5.41, 5.74) is 7.06. The predicted octanol–water partition coefficient (Wildman–Crippen LogP) is 2.96. The zero-order valence-electron chi connectivity index (χ0n) is 13.9. The Morgan fingerprint density at radius 1 is 1.00 bits per heavy atom. The molecule has 0 amide bonds. The fourth-order valence-corrected chi connectivity index (χ4v) is 4.04. The molecule has 2 N–H and O–H groups in total. The summed E-state index contributed by atoms with van der Waals surface area (Å²) < 4.78 is 27.4. The third-order valence-electron chi connectivity index (χ3n) is 3.86. The smallest absolute Gasteiger partial charge is 0.243 e. The Labute approximate surface area is 139 Å². The van der Waals surface area contributed by atoms with Gasteiger partial charge in [-0.1, -0.05) is 62.4 Å². The number of sulfonamides is 1. The van der Waals surface area contributed by atoms with Crippen molar-refractivity contribution in [2.75, 3.05) is 20.1 Å². The lowest BCUT2D eigenvalue weighted by Gasteiger charge is -2.29. The van der Waals surface area contributed by atoms with Crippen molar-refractivity contribution in [3.8, 4) is 11.1 Å². The van der Waals surface area contributed by atoms with E-state index in [4.69, 9.17) is 5.73 Å². The van der Waals surface area contributed by atoms with E-state index in [1.54, 1.807) is 19.2 Å². The molecule has 0 radical (unpaired) electrons. The van der Waals surface area contributed by atoms with E-state index < -0.39 is 10.0 Å². The molecule has 0 aromatic heterocycles. The molecule has 0 heterocycles. The molecule has 0 saturated carbocycles. The minimum absolute atomic E-state index is 0.274. The van der Waals surface area contributed by atoms with Crippen molar-refractivity contribution in [2.45, 2.75) is 18.7 Å². The van der Waals surface area contributed by atoms with Crippen molar-refractivity contribution in [2.24, 2.45) is 11.1 Å². The molecule has 0 atom stereocenters. The Morgan fingerprint density at radius 2 is 1.57 bits per heavy atom. The molecule has 0 aliphatic heterocycles. The van der Waals surface area contributed by atoms with Crippen LogP contribution in [0.2, 0.25) is 0 Å². The Hall–Kier alpha value is -1.69. The highest BCUT2D eigenvalue weighted by atomic mass is 32.2. The molecule has 0 spiro atoms. The molecule has 0 saturated heterocycles. The summed E-state index contributed by atoms with van der Waals surface area (Å²) in [6.07, 6.45) is 0. The molecule has 0 unspecified atom stereocenters. The third-order valence-corrected chi connectivity index (χ3v) is 5.72. The van der Waals surface area contributed by atoms with Gasteiger partial charge >= 0.3 is 0 Å². The number of nitrogens with two attached hydrogens (primary N) is 1. The second kappa shape index (κ2) is 6.83. The summed E-state index contributed by atoms with van der Waals surface area (Å²) in [6.45, 7) is 4.71. The van der Waals surface area contributed by atoms with Crippen LogP contribution in [0.1, 0.15) is 13.8 Å². The summed E-state index contributed by atoms with van der Waals surface area (Å²) in [6, 6.07) is 16.6. The Balaban J connectivity index is 2.45. The monoisotopic (exact) mass is 332 g/mol. The molecule has 0 aliphatic rings. The Bertz CT molecular complexity index is 756. The molecule has 23 heavy (non-hydrogen) atoms. The van der Waals surface area contributed by atoms with Crippen LogP contribution < -0.4 is 5.73 Å². The van der Waals surface area contributed by atoms with Gasteiger partial charge in [0.2, 0.25) is 10.0 Å². The van der Waals surface area contributed by atoms with Crippen molar-refractivity contribution in [1.29, 1.82) is 0 Å². The van der Waals surface area contributed by atoms with E-state index in [0.29, 0.717) is 23.5 Å². The SMILES string of the molecule is CN(CC(C)(C)CN)S(=O)(=O)c1ccccc1-c1ccccc1. The standard InChI is InChI=1S/C18H24N2O2S/c1-18(2,13-19)14-20(3)23(21,22)17-12-8-7-11-16(17)15-9-5-4-6-10-15/h4-12H,13-14,19H2,1-3H3. The summed E-state index contributed by atoms with van der Waals surface area (Å²) in [5.74, 6) is 0. The van der Waals surface area contributed by atoms with Gasteiger partial charge in [0.1, 0.15) is 0 Å². The van der Waals surface area contributed by atoms with Crippen LogP contribution in [0.5, 0.6) is 0 Å². The summed E-state index contributed by atoms with van der Waals surface area (Å²) >= 11 is 0. The first-order valence-corrected chi connectivity index (χ1v) is 9.03. The fraction of sp³-hybridized carbons (Fsp3) is 0.333. The van der Waals surface area contributed by atoms with Gasteiger partial charge in [-0.3, -0.25) is 0 Å². The average molecular weight is 332 g/mol. The number of hydrogen-bond donors (Lipinski definition) is 1. The molecule has 0 aliphatic carbocycles. The molecular weight excluding hydrogens is 308 g/mol. The minimum atomic E-state index is -3.58. The molecule has 124 valence electrons. The van der Waals surface area contributed by atoms with Gasteiger partial charge in [-0.15, -0.1) is 0 Å². The molecule has 0 fully saturated rings. The first-order chi connectivity index (χ1) is 10.8. The summed E-state index contributed by atoms with van der Waals surface area (Å²) in [7, 11) is -1.98. The first-order valence-electron chi connectivity index (χ1n) is 7.59. The van der Waals surface area contributed by atoms with Crippen molar-refractivity contribution in [3.05, 3.63) is 54.6 Å². The van der Waals surface area contributed by atoms with Gasteiger partial charge in [0.25, 0.3) is 0 Å². The normalized spacial score (nSPS) is 12.6. The Morgan fingerprint density at radius 3 is 2.17 bits per heavy atom. The van der Waals surface area contributed by atoms with Crippen molar-refractivity contribution >= 4 is 10.0 Å². The maximum absolute atomic E-state index is 13.0. The predicted molar refractivity (Wildman–Crippen MR) is 94.5 cm³/mol. The number of rotatable bonds is 6. The molecule has 4 nitrogen and oxygen atoms in total. The lowest BCUT2D eigenvalue weighted by Crippen LogP contribution is -2.39. The first kappa shape index (κ1) is 17.7. The molecule has 2 aromatic carbocycles. The van der Waals surface area contributed by atoms with Gasteiger partial charge in [-0.2, -0.15) is 0 Å². The van der Waals surface area contributed by atoms with Gasteiger partial charge in [-0.05, 0) is 23.6 Å². The van der Waals surface area contributed by atoms with Crippen LogP contribution in [0.3, 0.4) is 0 Å². The van der Waals surface area contributed by atoms with Crippen molar-refractivity contribution in [3.63, 3.8) is 0 Å². The van der Waals surface area contributed by atoms with Crippen LogP contribution in [-0.2, 0) is 10.0 Å². The topological polar surface area (TPSA) is 63.4 Å². The lowest BCUT2D eigenvalue weighted by molar-refractivity contribution is 0.292. The van der Waals surface area contributed by atoms with E-state index in [0.717, 1.165) is 5.56 Å². The zero-order valence-corrected chi connectivity index (χ0v) is 14.7. The summed E-state index contributed by atoms with van der Waals surface area (Å²) in [4.78, 5) is 0.321. The van der Waals surface area contributed by atoms with Crippen LogP contribution in [0.4, 0.5) is 0 Å². The minimum Gasteiger partial charge on any atom is -0.330 e. The quantitative estimate of drug-likeness (QED) is 0.884. The van der Waals surface area contributed by atoms with Crippen LogP contribution in [0, 0.1) is 5.41 Å². The van der Waals surface area contributed by atoms with Gasteiger partial charge in [0.05, 0.1) is 4.90 Å². The molecular formula is C18H24N2O2S.